The molecule has 1 fully saturated rings. The molecule has 4 nitrogen and oxygen atoms in total. The van der Waals surface area contributed by atoms with Gasteiger partial charge < -0.3 is 10.5 Å². The topological polar surface area (TPSA) is 62.3 Å². The number of ether oxygens (including phenoxy) is 1. The fraction of sp³-hybridized carbons (Fsp3) is 0.462. The van der Waals surface area contributed by atoms with Gasteiger partial charge in [-0.1, -0.05) is 6.07 Å². The molecule has 2 rings (SSSR count). The van der Waals surface area contributed by atoms with Gasteiger partial charge in [-0.05, 0) is 24.6 Å². The molecular formula is C13H18FN3O. The molecule has 5 heteroatoms. The molecule has 18 heavy (non-hydrogen) atoms. The number of rotatable bonds is 3. The van der Waals surface area contributed by atoms with E-state index >= 15 is 0 Å². The number of hydrogen-bond acceptors (Lipinski definition) is 3. The van der Waals surface area contributed by atoms with Gasteiger partial charge in [-0.2, -0.15) is 0 Å². The van der Waals surface area contributed by atoms with Gasteiger partial charge >= 0.3 is 0 Å². The number of nitrogens with zero attached hydrogens (tertiary/aromatic N) is 1. The largest absolute Gasteiger partial charge is 0.384 e. The summed E-state index contributed by atoms with van der Waals surface area (Å²) in [4.78, 5) is 2.23. The van der Waals surface area contributed by atoms with E-state index in [4.69, 9.17) is 15.9 Å². The minimum atomic E-state index is -0.362. The van der Waals surface area contributed by atoms with Gasteiger partial charge in [0.2, 0.25) is 0 Å². The van der Waals surface area contributed by atoms with E-state index in [-0.39, 0.29) is 17.8 Å². The van der Waals surface area contributed by atoms with Crippen LogP contribution in [0.2, 0.25) is 0 Å². The van der Waals surface area contributed by atoms with Crippen LogP contribution >= 0.6 is 0 Å². The fourth-order valence-electron chi connectivity index (χ4n) is 2.21. The minimum absolute atomic E-state index is 0.0918. The Labute approximate surface area is 106 Å². The van der Waals surface area contributed by atoms with Gasteiger partial charge in [0.1, 0.15) is 11.7 Å². The van der Waals surface area contributed by atoms with Crippen molar-refractivity contribution in [2.45, 2.75) is 19.6 Å². The standard InChI is InChI=1S/C13H18FN3O/c1-9-7-17(4-5-18-9)8-10-2-3-11(14)6-12(10)13(15)16/h2-3,6,9H,4-5,7-8H2,1H3,(H3,15,16). The van der Waals surface area contributed by atoms with Crippen molar-refractivity contribution in [2.24, 2.45) is 5.73 Å². The predicted molar refractivity (Wildman–Crippen MR) is 68.1 cm³/mol. The fourth-order valence-corrected chi connectivity index (χ4v) is 2.21. The van der Waals surface area contributed by atoms with E-state index in [0.717, 1.165) is 18.7 Å². The van der Waals surface area contributed by atoms with Crippen LogP contribution < -0.4 is 5.73 Å². The molecule has 0 radical (unpaired) electrons. The molecular weight excluding hydrogens is 233 g/mol. The quantitative estimate of drug-likeness (QED) is 0.629. The van der Waals surface area contributed by atoms with Crippen LogP contribution in [-0.2, 0) is 11.3 Å². The number of amidine groups is 1. The highest BCUT2D eigenvalue weighted by molar-refractivity contribution is 5.96. The summed E-state index contributed by atoms with van der Waals surface area (Å²) < 4.78 is 18.6. The Morgan fingerprint density at radius 1 is 1.61 bits per heavy atom. The number of nitrogens with one attached hydrogen (secondary N) is 1. The lowest BCUT2D eigenvalue weighted by Crippen LogP contribution is -2.40. The molecule has 1 aliphatic heterocycles. The van der Waals surface area contributed by atoms with E-state index in [1.165, 1.54) is 12.1 Å². The van der Waals surface area contributed by atoms with Crippen molar-refractivity contribution in [1.82, 2.24) is 4.90 Å². The number of benzene rings is 1. The third kappa shape index (κ3) is 3.05. The Bertz CT molecular complexity index is 450. The van der Waals surface area contributed by atoms with Gasteiger partial charge in [0.05, 0.1) is 12.7 Å². The van der Waals surface area contributed by atoms with Crippen LogP contribution in [0.4, 0.5) is 4.39 Å². The van der Waals surface area contributed by atoms with Crippen LogP contribution in [-0.4, -0.2) is 36.5 Å². The maximum Gasteiger partial charge on any atom is 0.123 e. The number of hydrogen-bond donors (Lipinski definition) is 2. The zero-order valence-electron chi connectivity index (χ0n) is 10.4. The van der Waals surface area contributed by atoms with Gasteiger partial charge in [0, 0.05) is 25.2 Å². The first kappa shape index (κ1) is 13.0. The van der Waals surface area contributed by atoms with Crippen molar-refractivity contribution >= 4 is 5.84 Å². The normalized spacial score (nSPS) is 20.9. The second kappa shape index (κ2) is 5.46. The van der Waals surface area contributed by atoms with Gasteiger partial charge in [-0.25, -0.2) is 4.39 Å². The lowest BCUT2D eigenvalue weighted by molar-refractivity contribution is -0.0212. The minimum Gasteiger partial charge on any atom is -0.384 e. The van der Waals surface area contributed by atoms with Crippen molar-refractivity contribution in [3.05, 3.63) is 35.1 Å². The molecule has 1 atom stereocenters. The van der Waals surface area contributed by atoms with Gasteiger partial charge in [0.15, 0.2) is 0 Å². The maximum absolute atomic E-state index is 13.2. The van der Waals surface area contributed by atoms with Crippen LogP contribution in [0.15, 0.2) is 18.2 Å². The average Bonchev–Trinajstić information content (AvgIpc) is 2.31. The van der Waals surface area contributed by atoms with Crippen molar-refractivity contribution in [1.29, 1.82) is 5.41 Å². The summed E-state index contributed by atoms with van der Waals surface area (Å²) in [6, 6.07) is 4.43. The molecule has 1 aromatic carbocycles. The molecule has 0 aliphatic carbocycles. The summed E-state index contributed by atoms with van der Waals surface area (Å²) in [6.45, 7) is 5.09. The summed E-state index contributed by atoms with van der Waals surface area (Å²) >= 11 is 0. The molecule has 3 N–H and O–H groups in total. The van der Waals surface area contributed by atoms with Gasteiger partial charge in [-0.3, -0.25) is 10.3 Å². The second-order valence-electron chi connectivity index (χ2n) is 4.63. The summed E-state index contributed by atoms with van der Waals surface area (Å²) in [7, 11) is 0. The van der Waals surface area contributed by atoms with Crippen molar-refractivity contribution in [2.75, 3.05) is 19.7 Å². The number of morpholine rings is 1. The predicted octanol–water partition coefficient (Wildman–Crippen LogP) is 1.33. The molecule has 0 amide bonds. The van der Waals surface area contributed by atoms with Crippen molar-refractivity contribution in [3.8, 4) is 0 Å². The van der Waals surface area contributed by atoms with Crippen LogP contribution in [0.3, 0.4) is 0 Å². The zero-order chi connectivity index (χ0) is 13.1. The maximum atomic E-state index is 13.2. The number of nitrogens with two attached hydrogens (primary N) is 1. The Morgan fingerprint density at radius 3 is 3.06 bits per heavy atom. The SMILES string of the molecule is CC1CN(Cc2ccc(F)cc2C(=N)N)CCO1. The molecule has 1 aliphatic rings. The van der Waals surface area contributed by atoms with Crippen LogP contribution in [0.25, 0.3) is 0 Å². The summed E-state index contributed by atoms with van der Waals surface area (Å²) in [5.74, 6) is -0.454. The first-order valence-corrected chi connectivity index (χ1v) is 6.03. The molecule has 1 heterocycles. The Kier molecular flexibility index (Phi) is 3.93. The first-order valence-electron chi connectivity index (χ1n) is 6.03. The number of nitrogen functional groups attached to an aromatic ring is 1. The Balaban J connectivity index is 2.15. The van der Waals surface area contributed by atoms with E-state index in [1.54, 1.807) is 6.07 Å². The summed E-state index contributed by atoms with van der Waals surface area (Å²) in [6.07, 6.45) is 0.208. The smallest absolute Gasteiger partial charge is 0.123 e. The molecule has 0 spiro atoms. The van der Waals surface area contributed by atoms with Crippen molar-refractivity contribution in [3.63, 3.8) is 0 Å². The van der Waals surface area contributed by atoms with E-state index in [9.17, 15) is 4.39 Å². The lowest BCUT2D eigenvalue weighted by Gasteiger charge is -2.31. The molecule has 0 saturated carbocycles. The average molecular weight is 251 g/mol. The molecule has 1 saturated heterocycles. The van der Waals surface area contributed by atoms with Gasteiger partial charge in [0.25, 0.3) is 0 Å². The summed E-state index contributed by atoms with van der Waals surface area (Å²) in [5, 5.41) is 7.50. The van der Waals surface area contributed by atoms with E-state index < -0.39 is 0 Å². The molecule has 98 valence electrons. The van der Waals surface area contributed by atoms with Crippen molar-refractivity contribution < 1.29 is 9.13 Å². The van der Waals surface area contributed by atoms with Crippen LogP contribution in [0.5, 0.6) is 0 Å². The van der Waals surface area contributed by atoms with Crippen LogP contribution in [0.1, 0.15) is 18.1 Å². The van der Waals surface area contributed by atoms with Crippen LogP contribution in [0, 0.1) is 11.2 Å². The zero-order valence-corrected chi connectivity index (χ0v) is 10.4. The first-order chi connectivity index (χ1) is 8.56. The second-order valence-corrected chi connectivity index (χ2v) is 4.63. The molecule has 0 aromatic heterocycles. The highest BCUT2D eigenvalue weighted by Gasteiger charge is 2.18. The Hall–Kier alpha value is -1.46. The third-order valence-electron chi connectivity index (χ3n) is 3.08. The van der Waals surface area contributed by atoms with E-state index in [1.807, 2.05) is 6.92 Å². The lowest BCUT2D eigenvalue weighted by atomic mass is 10.1. The highest BCUT2D eigenvalue weighted by Crippen LogP contribution is 2.15. The van der Waals surface area contributed by atoms with E-state index in [0.29, 0.717) is 18.7 Å². The van der Waals surface area contributed by atoms with E-state index in [2.05, 4.69) is 4.90 Å². The number of halogens is 1. The molecule has 1 unspecified atom stereocenters. The molecule has 1 aromatic rings. The highest BCUT2D eigenvalue weighted by atomic mass is 19.1. The summed E-state index contributed by atoms with van der Waals surface area (Å²) in [5.41, 5.74) is 6.86. The van der Waals surface area contributed by atoms with Gasteiger partial charge in [-0.15, -0.1) is 0 Å². The Morgan fingerprint density at radius 2 is 2.39 bits per heavy atom. The third-order valence-corrected chi connectivity index (χ3v) is 3.08. The monoisotopic (exact) mass is 251 g/mol. The molecule has 0 bridgehead atoms.